The maximum absolute atomic E-state index is 5.87. The van der Waals surface area contributed by atoms with E-state index in [4.69, 9.17) is 61.4 Å². The summed E-state index contributed by atoms with van der Waals surface area (Å²) in [7, 11) is 0. The summed E-state index contributed by atoms with van der Waals surface area (Å²) in [5.74, 6) is 21.1. The third-order valence-electron chi connectivity index (χ3n) is 6.40. The molecule has 2 N–H and O–H groups in total. The molecule has 0 aromatic carbocycles. The van der Waals surface area contributed by atoms with Crippen LogP contribution in [0.25, 0.3) is 44.4 Å². The first-order chi connectivity index (χ1) is 19.5. The Morgan fingerprint density at radius 2 is 0.610 bits per heavy atom. The largest absolute Gasteiger partial charge is 0.353 e. The number of fused-ring (bicyclic) bond motifs is 8. The zero-order valence-corrected chi connectivity index (χ0v) is 23.4. The molecule has 5 heteroatoms. The molecular weight excluding hydrogens is 684 g/mol. The Kier molecular flexibility index (Phi) is 7.37. The van der Waals surface area contributed by atoms with Gasteiger partial charge in [-0.25, -0.2) is 9.97 Å². The summed E-state index contributed by atoms with van der Waals surface area (Å²) in [5.41, 5.74) is 6.93. The number of H-pyrrole nitrogens is 2. The minimum absolute atomic E-state index is 0. The smallest absolute Gasteiger partial charge is 0.0828 e. The molecule has 0 fully saturated rings. The Labute approximate surface area is 252 Å². The molecule has 2 aliphatic heterocycles. The first kappa shape index (κ1) is 27.8. The van der Waals surface area contributed by atoms with Crippen LogP contribution in [0, 0.1) is 98.8 Å². The molecular formula is C36H14N4Pt. The van der Waals surface area contributed by atoms with E-state index in [1.54, 1.807) is 24.3 Å². The first-order valence-corrected chi connectivity index (χ1v) is 11.5. The molecule has 0 radical (unpaired) electrons. The van der Waals surface area contributed by atoms with Gasteiger partial charge in [0.2, 0.25) is 0 Å². The van der Waals surface area contributed by atoms with Crippen molar-refractivity contribution in [3.05, 3.63) is 69.3 Å². The molecule has 41 heavy (non-hydrogen) atoms. The van der Waals surface area contributed by atoms with E-state index in [9.17, 15) is 0 Å². The van der Waals surface area contributed by atoms with Crippen molar-refractivity contribution in [1.82, 2.24) is 19.9 Å². The number of allylic oxidation sites excluding steroid dienone is 4. The third kappa shape index (κ3) is 4.23. The monoisotopic (exact) mass is 697 g/mol. The zero-order chi connectivity index (χ0) is 28.6. The summed E-state index contributed by atoms with van der Waals surface area (Å²) in [4.78, 5) is 15.9. The SMILES string of the molecule is C#CC1=C(C#C)c2cc3[nH]c(cc4nc(cc5[nH]c(cc1n2)c(C#C)c5C#C)C(C#C)=C4C#C)c(C#C)c3C#C.[Pt]. The Bertz CT molecular complexity index is 1970. The molecule has 0 saturated heterocycles. The van der Waals surface area contributed by atoms with E-state index in [0.29, 0.717) is 89.4 Å². The number of hydrogen-bond donors (Lipinski definition) is 2. The van der Waals surface area contributed by atoms with Crippen LogP contribution in [0.3, 0.4) is 0 Å². The molecule has 5 rings (SSSR count). The topological polar surface area (TPSA) is 57.4 Å². The minimum Gasteiger partial charge on any atom is -0.353 e. The number of rotatable bonds is 0. The second-order valence-corrected chi connectivity index (χ2v) is 8.40. The van der Waals surface area contributed by atoms with Crippen LogP contribution in [-0.4, -0.2) is 19.9 Å². The van der Waals surface area contributed by atoms with E-state index in [-0.39, 0.29) is 21.1 Å². The molecule has 188 valence electrons. The molecule has 2 aliphatic rings. The summed E-state index contributed by atoms with van der Waals surface area (Å²) in [6.07, 6.45) is 46.9. The fourth-order valence-electron chi connectivity index (χ4n) is 4.66. The summed E-state index contributed by atoms with van der Waals surface area (Å²) in [5, 5.41) is 0. The van der Waals surface area contributed by atoms with Gasteiger partial charge in [-0.15, -0.1) is 51.4 Å². The van der Waals surface area contributed by atoms with Crippen molar-refractivity contribution in [1.29, 1.82) is 0 Å². The number of nitrogens with one attached hydrogen (secondary N) is 2. The second-order valence-electron chi connectivity index (χ2n) is 8.40. The molecule has 8 bridgehead atoms. The van der Waals surface area contributed by atoms with Gasteiger partial charge in [0.15, 0.2) is 0 Å². The standard InChI is InChI=1S/C36H14N4.Pt/c1-9-21-22(10-2)30-18-32-25(13-5)26(14-6)34(39-32)20-36-28(16-8)27(15-7)35(40-36)19-33-24(12-4)23(11-3)31(38-33)17-29(21)37-30;/h1-8,17-20,37,40H;. The van der Waals surface area contributed by atoms with Crippen molar-refractivity contribution in [2.45, 2.75) is 0 Å². The van der Waals surface area contributed by atoms with Gasteiger partial charge < -0.3 is 9.97 Å². The quantitative estimate of drug-likeness (QED) is 0.338. The van der Waals surface area contributed by atoms with Crippen molar-refractivity contribution in [3.8, 4) is 98.8 Å². The predicted octanol–water partition coefficient (Wildman–Crippen LogP) is 4.59. The van der Waals surface area contributed by atoms with Crippen LogP contribution < -0.4 is 0 Å². The van der Waals surface area contributed by atoms with Gasteiger partial charge in [0.1, 0.15) is 0 Å². The van der Waals surface area contributed by atoms with Crippen molar-refractivity contribution in [2.24, 2.45) is 0 Å². The average Bonchev–Trinajstić information content (AvgIpc) is 3.67. The summed E-state index contributed by atoms with van der Waals surface area (Å²) < 4.78 is 0. The van der Waals surface area contributed by atoms with Gasteiger partial charge in [0.25, 0.3) is 0 Å². The van der Waals surface area contributed by atoms with E-state index in [1.807, 2.05) is 0 Å². The molecule has 0 aliphatic carbocycles. The van der Waals surface area contributed by atoms with Crippen LogP contribution in [0.15, 0.2) is 24.3 Å². The molecule has 4 nitrogen and oxygen atoms in total. The number of aromatic amines is 2. The molecule has 0 unspecified atom stereocenters. The third-order valence-corrected chi connectivity index (χ3v) is 6.40. The molecule has 0 saturated carbocycles. The molecule has 3 aromatic rings. The van der Waals surface area contributed by atoms with E-state index in [0.717, 1.165) is 0 Å². The van der Waals surface area contributed by atoms with Crippen LogP contribution in [-0.2, 0) is 21.1 Å². The van der Waals surface area contributed by atoms with Crippen LogP contribution in [0.4, 0.5) is 0 Å². The average molecular weight is 698 g/mol. The fourth-order valence-corrected chi connectivity index (χ4v) is 4.66. The van der Waals surface area contributed by atoms with Gasteiger partial charge in [0, 0.05) is 21.1 Å². The minimum atomic E-state index is 0. The summed E-state index contributed by atoms with van der Waals surface area (Å²) in [6, 6.07) is 6.76. The van der Waals surface area contributed by atoms with Gasteiger partial charge >= 0.3 is 0 Å². The molecule has 0 amide bonds. The van der Waals surface area contributed by atoms with E-state index in [1.165, 1.54) is 0 Å². The number of aromatic nitrogens is 4. The van der Waals surface area contributed by atoms with Crippen LogP contribution in [0.2, 0.25) is 0 Å². The van der Waals surface area contributed by atoms with Crippen molar-refractivity contribution in [3.63, 3.8) is 0 Å². The Morgan fingerprint density at radius 3 is 0.780 bits per heavy atom. The van der Waals surface area contributed by atoms with Crippen molar-refractivity contribution >= 4 is 44.4 Å². The molecule has 0 spiro atoms. The van der Waals surface area contributed by atoms with Gasteiger partial charge in [0.05, 0.1) is 89.4 Å². The molecule has 3 aromatic heterocycles. The number of nitrogens with zero attached hydrogens (tertiary/aromatic N) is 2. The van der Waals surface area contributed by atoms with E-state index < -0.39 is 0 Å². The van der Waals surface area contributed by atoms with Crippen LogP contribution in [0.1, 0.15) is 45.0 Å². The number of hydrogen-bond acceptors (Lipinski definition) is 2. The molecule has 0 atom stereocenters. The number of terminal acetylenes is 8. The molecule has 5 heterocycles. The van der Waals surface area contributed by atoms with Gasteiger partial charge in [-0.2, -0.15) is 0 Å². The van der Waals surface area contributed by atoms with E-state index in [2.05, 4.69) is 57.3 Å². The maximum atomic E-state index is 5.87. The van der Waals surface area contributed by atoms with E-state index >= 15 is 0 Å². The summed E-state index contributed by atoms with van der Waals surface area (Å²) >= 11 is 0. The predicted molar refractivity (Wildman–Crippen MR) is 162 cm³/mol. The summed E-state index contributed by atoms with van der Waals surface area (Å²) in [6.45, 7) is 0. The normalized spacial score (nSPS) is 11.3. The first-order valence-electron chi connectivity index (χ1n) is 11.5. The van der Waals surface area contributed by atoms with Crippen LogP contribution in [0.5, 0.6) is 0 Å². The Morgan fingerprint density at radius 1 is 0.390 bits per heavy atom. The van der Waals surface area contributed by atoms with Gasteiger partial charge in [-0.1, -0.05) is 47.4 Å². The zero-order valence-electron chi connectivity index (χ0n) is 21.1. The Hall–Kier alpha value is -6.23. The maximum Gasteiger partial charge on any atom is 0.0828 e. The van der Waals surface area contributed by atoms with Crippen LogP contribution >= 0.6 is 0 Å². The van der Waals surface area contributed by atoms with Gasteiger partial charge in [-0.05, 0) is 24.3 Å². The van der Waals surface area contributed by atoms with Crippen molar-refractivity contribution in [2.75, 3.05) is 0 Å². The fraction of sp³-hybridized carbons (Fsp3) is 0. The van der Waals surface area contributed by atoms with Crippen molar-refractivity contribution < 1.29 is 21.1 Å². The Balaban J connectivity index is 0.00000387. The van der Waals surface area contributed by atoms with Gasteiger partial charge in [-0.3, -0.25) is 0 Å². The second kappa shape index (κ2) is 10.9.